The molecular formula is C22H22N4O4. The number of benzene rings is 2. The highest BCUT2D eigenvalue weighted by atomic mass is 16.5. The molecule has 1 aliphatic heterocycles. The SMILES string of the molecule is CCOC(=O)C1=C(C)Nc2nc3ccccc3n2[C@H]1c1ccc(OCC(N)=O)cc1. The fraction of sp³-hybridized carbons (Fsp3) is 0.227. The Bertz CT molecular complexity index is 1150. The number of esters is 1. The highest BCUT2D eigenvalue weighted by Gasteiger charge is 2.34. The third-order valence-electron chi connectivity index (χ3n) is 4.90. The Morgan fingerprint density at radius 2 is 1.90 bits per heavy atom. The number of aromatic nitrogens is 2. The van der Waals surface area contributed by atoms with E-state index >= 15 is 0 Å². The average Bonchev–Trinajstić information content (AvgIpc) is 3.09. The molecule has 30 heavy (non-hydrogen) atoms. The van der Waals surface area contributed by atoms with Crippen molar-refractivity contribution in [2.24, 2.45) is 5.73 Å². The number of nitrogens with two attached hydrogens (primary N) is 1. The van der Waals surface area contributed by atoms with Gasteiger partial charge in [-0.1, -0.05) is 24.3 Å². The standard InChI is InChI=1S/C22H22N4O4/c1-3-29-21(28)19-13(2)24-22-25-16-6-4-5-7-17(16)26(22)20(19)14-8-10-15(11-9-14)30-12-18(23)27/h4-11,20H,3,12H2,1-2H3,(H2,23,27)(H,24,25)/t20-/m0/s1. The van der Waals surface area contributed by atoms with Gasteiger partial charge in [-0.2, -0.15) is 0 Å². The second kappa shape index (κ2) is 7.90. The molecular weight excluding hydrogens is 384 g/mol. The molecule has 1 aromatic heterocycles. The van der Waals surface area contributed by atoms with Crippen LogP contribution in [0.15, 0.2) is 59.8 Å². The maximum absolute atomic E-state index is 12.9. The fourth-order valence-electron chi connectivity index (χ4n) is 3.65. The lowest BCUT2D eigenvalue weighted by atomic mass is 9.95. The zero-order valence-electron chi connectivity index (χ0n) is 16.7. The molecule has 3 N–H and O–H groups in total. The van der Waals surface area contributed by atoms with Gasteiger partial charge in [0.25, 0.3) is 5.91 Å². The number of ether oxygens (including phenoxy) is 2. The van der Waals surface area contributed by atoms with Crippen molar-refractivity contribution in [1.82, 2.24) is 9.55 Å². The fourth-order valence-corrected chi connectivity index (χ4v) is 3.65. The summed E-state index contributed by atoms with van der Waals surface area (Å²) in [7, 11) is 0. The van der Waals surface area contributed by atoms with Gasteiger partial charge in [0.1, 0.15) is 5.75 Å². The molecule has 0 spiro atoms. The topological polar surface area (TPSA) is 108 Å². The monoisotopic (exact) mass is 406 g/mol. The number of nitrogens with zero attached hydrogens (tertiary/aromatic N) is 2. The van der Waals surface area contributed by atoms with E-state index in [2.05, 4.69) is 10.3 Å². The van der Waals surface area contributed by atoms with Crippen LogP contribution in [0.4, 0.5) is 5.95 Å². The molecule has 8 nitrogen and oxygen atoms in total. The van der Waals surface area contributed by atoms with E-state index < -0.39 is 11.9 Å². The molecule has 1 amide bonds. The van der Waals surface area contributed by atoms with Crippen LogP contribution in [0.3, 0.4) is 0 Å². The molecule has 3 aromatic rings. The number of carbonyl (C=O) groups is 2. The molecule has 2 heterocycles. The van der Waals surface area contributed by atoms with Gasteiger partial charge in [0.05, 0.1) is 29.3 Å². The van der Waals surface area contributed by atoms with E-state index in [0.717, 1.165) is 16.6 Å². The maximum atomic E-state index is 12.9. The largest absolute Gasteiger partial charge is 0.484 e. The van der Waals surface area contributed by atoms with Crippen molar-refractivity contribution < 1.29 is 19.1 Å². The van der Waals surface area contributed by atoms with Crippen LogP contribution in [0.1, 0.15) is 25.5 Å². The number of imidazole rings is 1. The minimum absolute atomic E-state index is 0.198. The third-order valence-corrected chi connectivity index (χ3v) is 4.90. The predicted molar refractivity (Wildman–Crippen MR) is 112 cm³/mol. The van der Waals surface area contributed by atoms with Gasteiger partial charge in [-0.25, -0.2) is 9.78 Å². The first-order valence-electron chi connectivity index (χ1n) is 9.62. The van der Waals surface area contributed by atoms with Crippen molar-refractivity contribution in [2.75, 3.05) is 18.5 Å². The van der Waals surface area contributed by atoms with Crippen molar-refractivity contribution in [2.45, 2.75) is 19.9 Å². The van der Waals surface area contributed by atoms with Gasteiger partial charge in [0.2, 0.25) is 5.95 Å². The van der Waals surface area contributed by atoms with Crippen molar-refractivity contribution in [1.29, 1.82) is 0 Å². The Balaban J connectivity index is 1.83. The summed E-state index contributed by atoms with van der Waals surface area (Å²) in [5.41, 5.74) is 8.92. The molecule has 8 heteroatoms. The quantitative estimate of drug-likeness (QED) is 0.610. The molecule has 1 aliphatic rings. The summed E-state index contributed by atoms with van der Waals surface area (Å²) in [6.45, 7) is 3.70. The number of nitrogens with one attached hydrogen (secondary N) is 1. The zero-order valence-corrected chi connectivity index (χ0v) is 16.7. The summed E-state index contributed by atoms with van der Waals surface area (Å²) in [5.74, 6) is 0.237. The van der Waals surface area contributed by atoms with Crippen LogP contribution < -0.4 is 15.8 Å². The van der Waals surface area contributed by atoms with Crippen molar-refractivity contribution in [3.05, 3.63) is 65.4 Å². The predicted octanol–water partition coefficient (Wildman–Crippen LogP) is 2.75. The Morgan fingerprint density at radius 1 is 1.17 bits per heavy atom. The summed E-state index contributed by atoms with van der Waals surface area (Å²) in [6, 6.07) is 14.5. The number of amides is 1. The van der Waals surface area contributed by atoms with E-state index in [0.29, 0.717) is 23.0 Å². The molecule has 2 aromatic carbocycles. The summed E-state index contributed by atoms with van der Waals surface area (Å²) in [4.78, 5) is 28.5. The highest BCUT2D eigenvalue weighted by molar-refractivity contribution is 5.94. The third kappa shape index (κ3) is 3.47. The van der Waals surface area contributed by atoms with Crippen molar-refractivity contribution >= 4 is 28.9 Å². The number of carbonyl (C=O) groups excluding carboxylic acids is 2. The molecule has 0 bridgehead atoms. The van der Waals surface area contributed by atoms with Gasteiger partial charge in [-0.3, -0.25) is 9.36 Å². The number of fused-ring (bicyclic) bond motifs is 3. The summed E-state index contributed by atoms with van der Waals surface area (Å²) in [6.07, 6.45) is 0. The van der Waals surface area contributed by atoms with Gasteiger partial charge in [0, 0.05) is 5.70 Å². The van der Waals surface area contributed by atoms with Gasteiger partial charge in [0.15, 0.2) is 6.61 Å². The van der Waals surface area contributed by atoms with E-state index in [9.17, 15) is 9.59 Å². The normalized spacial score (nSPS) is 15.5. The minimum Gasteiger partial charge on any atom is -0.484 e. The second-order valence-corrected chi connectivity index (χ2v) is 6.90. The lowest BCUT2D eigenvalue weighted by Crippen LogP contribution is -2.29. The van der Waals surface area contributed by atoms with Crippen molar-refractivity contribution in [3.8, 4) is 5.75 Å². The lowest BCUT2D eigenvalue weighted by Gasteiger charge is -2.30. The number of allylic oxidation sites excluding steroid dienone is 1. The Morgan fingerprint density at radius 3 is 2.60 bits per heavy atom. The number of rotatable bonds is 6. The molecule has 0 saturated heterocycles. The van der Waals surface area contributed by atoms with Gasteiger partial charge in [-0.15, -0.1) is 0 Å². The highest BCUT2D eigenvalue weighted by Crippen LogP contribution is 2.39. The van der Waals surface area contributed by atoms with Crippen LogP contribution in [0.25, 0.3) is 11.0 Å². The average molecular weight is 406 g/mol. The smallest absolute Gasteiger partial charge is 0.338 e. The van der Waals surface area contributed by atoms with Crippen LogP contribution in [0.5, 0.6) is 5.75 Å². The molecule has 4 rings (SSSR count). The Labute approximate surface area is 173 Å². The molecule has 1 atom stereocenters. The summed E-state index contributed by atoms with van der Waals surface area (Å²) >= 11 is 0. The summed E-state index contributed by atoms with van der Waals surface area (Å²) < 4.78 is 12.7. The Kier molecular flexibility index (Phi) is 5.14. The number of anilines is 1. The summed E-state index contributed by atoms with van der Waals surface area (Å²) in [5, 5.41) is 3.24. The van der Waals surface area contributed by atoms with Gasteiger partial charge in [-0.05, 0) is 43.7 Å². The number of hydrogen-bond acceptors (Lipinski definition) is 6. The number of primary amides is 1. The van der Waals surface area contributed by atoms with E-state index in [-0.39, 0.29) is 19.2 Å². The van der Waals surface area contributed by atoms with E-state index in [4.69, 9.17) is 15.2 Å². The van der Waals surface area contributed by atoms with E-state index in [1.807, 2.05) is 47.9 Å². The molecule has 0 saturated carbocycles. The number of hydrogen-bond donors (Lipinski definition) is 2. The van der Waals surface area contributed by atoms with Crippen LogP contribution in [-0.2, 0) is 14.3 Å². The van der Waals surface area contributed by atoms with Gasteiger partial charge >= 0.3 is 5.97 Å². The minimum atomic E-state index is -0.546. The molecule has 0 fully saturated rings. The molecule has 0 unspecified atom stereocenters. The first kappa shape index (κ1) is 19.5. The first-order valence-corrected chi connectivity index (χ1v) is 9.62. The first-order chi connectivity index (χ1) is 14.5. The van der Waals surface area contributed by atoms with E-state index in [1.54, 1.807) is 19.1 Å². The lowest BCUT2D eigenvalue weighted by molar-refractivity contribution is -0.139. The maximum Gasteiger partial charge on any atom is 0.338 e. The van der Waals surface area contributed by atoms with Crippen LogP contribution in [0, 0.1) is 0 Å². The zero-order chi connectivity index (χ0) is 21.3. The second-order valence-electron chi connectivity index (χ2n) is 6.90. The number of para-hydroxylation sites is 2. The molecule has 0 radical (unpaired) electrons. The Hall–Kier alpha value is -3.81. The van der Waals surface area contributed by atoms with Crippen molar-refractivity contribution in [3.63, 3.8) is 0 Å². The molecule has 154 valence electrons. The van der Waals surface area contributed by atoms with Crippen LogP contribution in [0.2, 0.25) is 0 Å². The van der Waals surface area contributed by atoms with Crippen LogP contribution in [-0.4, -0.2) is 34.6 Å². The molecule has 0 aliphatic carbocycles. The van der Waals surface area contributed by atoms with E-state index in [1.165, 1.54) is 0 Å². The van der Waals surface area contributed by atoms with Crippen LogP contribution >= 0.6 is 0 Å². The van der Waals surface area contributed by atoms with Gasteiger partial charge < -0.3 is 20.5 Å².